The second-order valence-corrected chi connectivity index (χ2v) is 3.04. The average molecular weight is 192 g/mol. The number of carbonyl (C=O) groups is 2. The van der Waals surface area contributed by atoms with Gasteiger partial charge in [-0.1, -0.05) is 6.92 Å². The molecule has 74 valence electrons. The molecule has 3 nitrogen and oxygen atoms in total. The SMILES string of the molecule is COc1ccc(C=O)c(C(C)C=O)c1. The molecule has 0 saturated carbocycles. The zero-order valence-corrected chi connectivity index (χ0v) is 8.19. The van der Waals surface area contributed by atoms with Crippen LogP contribution in [0.3, 0.4) is 0 Å². The molecule has 1 aromatic carbocycles. The van der Waals surface area contributed by atoms with Gasteiger partial charge in [-0.2, -0.15) is 0 Å². The van der Waals surface area contributed by atoms with Gasteiger partial charge >= 0.3 is 0 Å². The van der Waals surface area contributed by atoms with Crippen molar-refractivity contribution in [2.75, 3.05) is 7.11 Å². The highest BCUT2D eigenvalue weighted by Gasteiger charge is 2.10. The van der Waals surface area contributed by atoms with Crippen molar-refractivity contribution in [3.05, 3.63) is 29.3 Å². The second-order valence-electron chi connectivity index (χ2n) is 3.04. The summed E-state index contributed by atoms with van der Waals surface area (Å²) >= 11 is 0. The van der Waals surface area contributed by atoms with Gasteiger partial charge in [0.25, 0.3) is 0 Å². The molecule has 14 heavy (non-hydrogen) atoms. The molecular formula is C11H12O3. The topological polar surface area (TPSA) is 43.4 Å². The zero-order valence-electron chi connectivity index (χ0n) is 8.19. The molecule has 1 rings (SSSR count). The lowest BCUT2D eigenvalue weighted by Gasteiger charge is -2.09. The van der Waals surface area contributed by atoms with Crippen molar-refractivity contribution in [1.29, 1.82) is 0 Å². The third kappa shape index (κ3) is 1.99. The van der Waals surface area contributed by atoms with Crippen LogP contribution in [-0.4, -0.2) is 19.7 Å². The van der Waals surface area contributed by atoms with E-state index in [1.807, 2.05) is 0 Å². The molecule has 0 aliphatic heterocycles. The number of rotatable bonds is 4. The monoisotopic (exact) mass is 192 g/mol. The van der Waals surface area contributed by atoms with Gasteiger partial charge < -0.3 is 9.53 Å². The molecule has 3 heteroatoms. The van der Waals surface area contributed by atoms with Crippen molar-refractivity contribution < 1.29 is 14.3 Å². The molecule has 1 unspecified atom stereocenters. The van der Waals surface area contributed by atoms with E-state index in [-0.39, 0.29) is 5.92 Å². The van der Waals surface area contributed by atoms with Crippen LogP contribution in [0.1, 0.15) is 28.8 Å². The number of carbonyl (C=O) groups excluding carboxylic acids is 2. The highest BCUT2D eigenvalue weighted by molar-refractivity contribution is 5.80. The first-order valence-electron chi connectivity index (χ1n) is 4.31. The summed E-state index contributed by atoms with van der Waals surface area (Å²) in [7, 11) is 1.55. The number of hydrogen-bond acceptors (Lipinski definition) is 3. The molecule has 1 atom stereocenters. The lowest BCUT2D eigenvalue weighted by atomic mass is 9.97. The molecule has 0 aliphatic carbocycles. The first kappa shape index (κ1) is 10.4. The normalized spacial score (nSPS) is 11.9. The summed E-state index contributed by atoms with van der Waals surface area (Å²) in [5.41, 5.74) is 1.24. The van der Waals surface area contributed by atoms with Gasteiger partial charge in [0.1, 0.15) is 18.3 Å². The van der Waals surface area contributed by atoms with Crippen molar-refractivity contribution >= 4 is 12.6 Å². The molecule has 0 aromatic heterocycles. The Kier molecular flexibility index (Phi) is 3.40. The van der Waals surface area contributed by atoms with E-state index in [0.29, 0.717) is 16.9 Å². The van der Waals surface area contributed by atoms with E-state index >= 15 is 0 Å². The second kappa shape index (κ2) is 4.56. The summed E-state index contributed by atoms with van der Waals surface area (Å²) in [5, 5.41) is 0. The molecule has 0 radical (unpaired) electrons. The van der Waals surface area contributed by atoms with Gasteiger partial charge in [-0.25, -0.2) is 0 Å². The summed E-state index contributed by atoms with van der Waals surface area (Å²) in [6, 6.07) is 5.06. The largest absolute Gasteiger partial charge is 0.497 e. The van der Waals surface area contributed by atoms with E-state index in [2.05, 4.69) is 0 Å². The molecule has 0 N–H and O–H groups in total. The summed E-state index contributed by atoms with van der Waals surface area (Å²) in [6.45, 7) is 1.74. The lowest BCUT2D eigenvalue weighted by Crippen LogP contribution is -2.00. The Balaban J connectivity index is 3.20. The van der Waals surface area contributed by atoms with Crippen LogP contribution in [0.15, 0.2) is 18.2 Å². The molecule has 0 amide bonds. The smallest absolute Gasteiger partial charge is 0.150 e. The Morgan fingerprint density at radius 2 is 2.07 bits per heavy atom. The van der Waals surface area contributed by atoms with Gasteiger partial charge in [0.2, 0.25) is 0 Å². The molecule has 0 saturated heterocycles. The van der Waals surface area contributed by atoms with Crippen molar-refractivity contribution in [2.24, 2.45) is 0 Å². The summed E-state index contributed by atoms with van der Waals surface area (Å²) in [4.78, 5) is 21.3. The average Bonchev–Trinajstić information content (AvgIpc) is 2.27. The van der Waals surface area contributed by atoms with Crippen LogP contribution < -0.4 is 4.74 Å². The van der Waals surface area contributed by atoms with E-state index in [1.54, 1.807) is 32.2 Å². The minimum atomic E-state index is -0.287. The molecule has 0 heterocycles. The maximum Gasteiger partial charge on any atom is 0.150 e. The van der Waals surface area contributed by atoms with Crippen LogP contribution in [0.5, 0.6) is 5.75 Å². The van der Waals surface area contributed by atoms with Crippen molar-refractivity contribution in [1.82, 2.24) is 0 Å². The fourth-order valence-corrected chi connectivity index (χ4v) is 1.25. The standard InChI is InChI=1S/C11H12O3/c1-8(6-12)11-5-10(14-2)4-3-9(11)7-13/h3-8H,1-2H3. The van der Waals surface area contributed by atoms with Gasteiger partial charge in [-0.3, -0.25) is 4.79 Å². The Hall–Kier alpha value is -1.64. The summed E-state index contributed by atoms with van der Waals surface area (Å²) in [6.07, 6.45) is 1.55. The van der Waals surface area contributed by atoms with Crippen LogP contribution in [0.4, 0.5) is 0 Å². The Morgan fingerprint density at radius 1 is 1.36 bits per heavy atom. The maximum atomic E-state index is 10.7. The van der Waals surface area contributed by atoms with Gasteiger partial charge in [0.05, 0.1) is 7.11 Å². The minimum Gasteiger partial charge on any atom is -0.497 e. The van der Waals surface area contributed by atoms with E-state index in [0.717, 1.165) is 12.6 Å². The van der Waals surface area contributed by atoms with E-state index < -0.39 is 0 Å². The molecular weight excluding hydrogens is 180 g/mol. The molecule has 0 spiro atoms. The minimum absolute atomic E-state index is 0.287. The Morgan fingerprint density at radius 3 is 2.57 bits per heavy atom. The van der Waals surface area contributed by atoms with Gasteiger partial charge in [0.15, 0.2) is 0 Å². The van der Waals surface area contributed by atoms with Gasteiger partial charge in [-0.15, -0.1) is 0 Å². The van der Waals surface area contributed by atoms with Crippen LogP contribution in [0, 0.1) is 0 Å². The Labute approximate surface area is 82.7 Å². The number of methoxy groups -OCH3 is 1. The van der Waals surface area contributed by atoms with Crippen LogP contribution in [-0.2, 0) is 4.79 Å². The third-order valence-corrected chi connectivity index (χ3v) is 2.12. The first-order valence-corrected chi connectivity index (χ1v) is 4.31. The van der Waals surface area contributed by atoms with Crippen LogP contribution in [0.25, 0.3) is 0 Å². The molecule has 0 bridgehead atoms. The number of benzene rings is 1. The van der Waals surface area contributed by atoms with E-state index in [1.165, 1.54) is 0 Å². The van der Waals surface area contributed by atoms with Crippen LogP contribution in [0.2, 0.25) is 0 Å². The number of ether oxygens (including phenoxy) is 1. The Bertz CT molecular complexity index is 344. The summed E-state index contributed by atoms with van der Waals surface area (Å²) in [5.74, 6) is 0.365. The number of aldehydes is 2. The first-order chi connectivity index (χ1) is 6.72. The molecule has 1 aromatic rings. The number of hydrogen-bond donors (Lipinski definition) is 0. The van der Waals surface area contributed by atoms with Crippen LogP contribution >= 0.6 is 0 Å². The highest BCUT2D eigenvalue weighted by atomic mass is 16.5. The molecule has 0 fully saturated rings. The highest BCUT2D eigenvalue weighted by Crippen LogP contribution is 2.22. The predicted octanol–water partition coefficient (Wildman–Crippen LogP) is 1.81. The van der Waals surface area contributed by atoms with E-state index in [9.17, 15) is 9.59 Å². The third-order valence-electron chi connectivity index (χ3n) is 2.12. The van der Waals surface area contributed by atoms with E-state index in [4.69, 9.17) is 4.74 Å². The quantitative estimate of drug-likeness (QED) is 0.683. The lowest BCUT2D eigenvalue weighted by molar-refractivity contribution is -0.108. The fraction of sp³-hybridized carbons (Fsp3) is 0.273. The van der Waals surface area contributed by atoms with Gasteiger partial charge in [-0.05, 0) is 23.8 Å². The van der Waals surface area contributed by atoms with Crippen molar-refractivity contribution in [3.63, 3.8) is 0 Å². The van der Waals surface area contributed by atoms with Gasteiger partial charge in [0, 0.05) is 11.5 Å². The zero-order chi connectivity index (χ0) is 10.6. The maximum absolute atomic E-state index is 10.7. The molecule has 0 aliphatic rings. The predicted molar refractivity (Wildman–Crippen MR) is 52.9 cm³/mol. The van der Waals surface area contributed by atoms with Crippen molar-refractivity contribution in [3.8, 4) is 5.75 Å². The fourth-order valence-electron chi connectivity index (χ4n) is 1.25. The summed E-state index contributed by atoms with van der Waals surface area (Å²) < 4.78 is 5.02. The van der Waals surface area contributed by atoms with Crippen molar-refractivity contribution in [2.45, 2.75) is 12.8 Å².